The number of amides is 3. The van der Waals surface area contributed by atoms with Gasteiger partial charge in [-0.3, -0.25) is 14.4 Å². The van der Waals surface area contributed by atoms with Gasteiger partial charge in [0.05, 0.1) is 12.1 Å². The minimum absolute atomic E-state index is 0.0369. The lowest BCUT2D eigenvalue weighted by atomic mass is 9.90. The van der Waals surface area contributed by atoms with E-state index in [0.29, 0.717) is 49.4 Å². The van der Waals surface area contributed by atoms with E-state index in [4.69, 9.17) is 0 Å². The van der Waals surface area contributed by atoms with Gasteiger partial charge in [-0.25, -0.2) is 4.39 Å². The molecule has 2 aliphatic carbocycles. The number of nitrogens with one attached hydrogen (secondary N) is 2. The van der Waals surface area contributed by atoms with Crippen molar-refractivity contribution >= 4 is 23.4 Å². The third kappa shape index (κ3) is 8.42. The summed E-state index contributed by atoms with van der Waals surface area (Å²) in [4.78, 5) is 42.8. The number of likely N-dealkylation sites (N-methyl/N-ethyl adjacent to an activating group) is 1. The first-order valence-corrected chi connectivity index (χ1v) is 14.7. The van der Waals surface area contributed by atoms with Gasteiger partial charge < -0.3 is 20.4 Å². The first kappa shape index (κ1) is 31.3. The number of anilines is 1. The number of alkyl halides is 3. The molecule has 11 heteroatoms. The molecule has 0 radical (unpaired) electrons. The summed E-state index contributed by atoms with van der Waals surface area (Å²) in [6.45, 7) is 6.17. The van der Waals surface area contributed by atoms with Crippen molar-refractivity contribution in [3.63, 3.8) is 0 Å². The lowest BCUT2D eigenvalue weighted by Crippen LogP contribution is -2.58. The standard InChI is InChI=1S/C30H42F4N4O3/c1-17(15-30(32,33)34)28(40)36-27(29(41)38-12-11-37(4)18(2)16-38)19(3)22-9-10-25(24(31)13-22)35-26(39)14-23(20-5-6-20)21-7-8-21/h9-10,13,17-21,23,27H,5-8,11-12,14-16H2,1-4H3,(H,35,39)(H,36,40). The van der Waals surface area contributed by atoms with E-state index >= 15 is 4.39 Å². The second kappa shape index (κ2) is 12.7. The van der Waals surface area contributed by atoms with Gasteiger partial charge in [0.25, 0.3) is 0 Å². The Bertz CT molecular complexity index is 1110. The van der Waals surface area contributed by atoms with Gasteiger partial charge in [0.1, 0.15) is 11.9 Å². The van der Waals surface area contributed by atoms with Crippen LogP contribution in [0.4, 0.5) is 23.2 Å². The lowest BCUT2D eigenvalue weighted by Gasteiger charge is -2.40. The molecule has 2 N–H and O–H groups in total. The fourth-order valence-electron chi connectivity index (χ4n) is 5.87. The number of rotatable bonds is 11. The van der Waals surface area contributed by atoms with E-state index in [0.717, 1.165) is 25.7 Å². The molecule has 41 heavy (non-hydrogen) atoms. The molecule has 1 heterocycles. The number of nitrogens with zero attached hydrogens (tertiary/aromatic N) is 2. The van der Waals surface area contributed by atoms with Gasteiger partial charge in [0.15, 0.2) is 0 Å². The molecular formula is C30H42F4N4O3. The van der Waals surface area contributed by atoms with Gasteiger partial charge in [-0.1, -0.05) is 19.9 Å². The third-order valence-corrected chi connectivity index (χ3v) is 8.99. The van der Waals surface area contributed by atoms with Crippen LogP contribution in [0.1, 0.15) is 70.8 Å². The molecule has 4 unspecified atom stereocenters. The van der Waals surface area contributed by atoms with Crippen LogP contribution < -0.4 is 10.6 Å². The molecular weight excluding hydrogens is 540 g/mol. The van der Waals surface area contributed by atoms with Gasteiger partial charge in [0, 0.05) is 43.9 Å². The van der Waals surface area contributed by atoms with Crippen LogP contribution in [0, 0.1) is 29.5 Å². The molecule has 7 nitrogen and oxygen atoms in total. The summed E-state index contributed by atoms with van der Waals surface area (Å²) in [6, 6.07) is 3.11. The van der Waals surface area contributed by atoms with E-state index < -0.39 is 48.1 Å². The lowest BCUT2D eigenvalue weighted by molar-refractivity contribution is -0.154. The molecule has 3 fully saturated rings. The van der Waals surface area contributed by atoms with Crippen molar-refractivity contribution in [2.24, 2.45) is 23.7 Å². The number of hydrogen-bond acceptors (Lipinski definition) is 4. The minimum Gasteiger partial charge on any atom is -0.343 e. The predicted octanol–water partition coefficient (Wildman–Crippen LogP) is 4.93. The van der Waals surface area contributed by atoms with Crippen LogP contribution in [0.3, 0.4) is 0 Å². The van der Waals surface area contributed by atoms with Gasteiger partial charge >= 0.3 is 6.18 Å². The molecule has 4 atom stereocenters. The number of carbonyl (C=O) groups is 3. The average Bonchev–Trinajstić information content (AvgIpc) is 3.80. The molecule has 1 aromatic rings. The topological polar surface area (TPSA) is 81.8 Å². The highest BCUT2D eigenvalue weighted by molar-refractivity contribution is 5.91. The minimum atomic E-state index is -4.53. The van der Waals surface area contributed by atoms with Gasteiger partial charge in [-0.15, -0.1) is 0 Å². The smallest absolute Gasteiger partial charge is 0.343 e. The molecule has 4 rings (SSSR count). The van der Waals surface area contributed by atoms with E-state index in [-0.39, 0.29) is 17.6 Å². The van der Waals surface area contributed by atoms with Gasteiger partial charge in [-0.2, -0.15) is 13.2 Å². The van der Waals surface area contributed by atoms with Crippen LogP contribution in [-0.2, 0) is 14.4 Å². The Hall–Kier alpha value is -2.69. The first-order valence-electron chi connectivity index (χ1n) is 14.7. The molecule has 3 amide bonds. The molecule has 1 aromatic carbocycles. The maximum absolute atomic E-state index is 15.2. The molecule has 2 saturated carbocycles. The highest BCUT2D eigenvalue weighted by Crippen LogP contribution is 2.50. The molecule has 1 aliphatic heterocycles. The Kier molecular flexibility index (Phi) is 9.66. The van der Waals surface area contributed by atoms with Crippen molar-refractivity contribution in [2.45, 2.75) is 83.5 Å². The van der Waals surface area contributed by atoms with E-state index in [1.165, 1.54) is 19.1 Å². The Morgan fingerprint density at radius 1 is 1.05 bits per heavy atom. The van der Waals surface area contributed by atoms with Gasteiger partial charge in [-0.05, 0) is 75.1 Å². The number of carbonyl (C=O) groups excluding carboxylic acids is 3. The molecule has 1 saturated heterocycles. The quantitative estimate of drug-likeness (QED) is 0.363. The Morgan fingerprint density at radius 2 is 1.68 bits per heavy atom. The summed E-state index contributed by atoms with van der Waals surface area (Å²) in [5.41, 5.74) is 0.425. The molecule has 3 aliphatic rings. The molecule has 0 bridgehead atoms. The van der Waals surface area contributed by atoms with E-state index in [2.05, 4.69) is 15.5 Å². The van der Waals surface area contributed by atoms with E-state index in [9.17, 15) is 27.6 Å². The maximum Gasteiger partial charge on any atom is 0.389 e. The van der Waals surface area contributed by atoms with E-state index in [1.54, 1.807) is 17.9 Å². The highest BCUT2D eigenvalue weighted by Gasteiger charge is 2.42. The summed E-state index contributed by atoms with van der Waals surface area (Å²) in [5.74, 6) is -2.81. The zero-order chi connectivity index (χ0) is 30.1. The molecule has 0 aromatic heterocycles. The second-order valence-corrected chi connectivity index (χ2v) is 12.4. The molecule has 228 valence electrons. The molecule has 0 spiro atoms. The second-order valence-electron chi connectivity index (χ2n) is 12.4. The van der Waals surface area contributed by atoms with Crippen LogP contribution in [-0.4, -0.2) is 72.5 Å². The zero-order valence-corrected chi connectivity index (χ0v) is 24.3. The third-order valence-electron chi connectivity index (χ3n) is 8.99. The van der Waals surface area contributed by atoms with Crippen molar-refractivity contribution in [1.29, 1.82) is 0 Å². The predicted molar refractivity (Wildman–Crippen MR) is 147 cm³/mol. The summed E-state index contributed by atoms with van der Waals surface area (Å²) in [7, 11) is 1.94. The fraction of sp³-hybridized carbons (Fsp3) is 0.700. The first-order chi connectivity index (χ1) is 19.2. The normalized spacial score (nSPS) is 22.3. The maximum atomic E-state index is 15.2. The summed E-state index contributed by atoms with van der Waals surface area (Å²) < 4.78 is 54.1. The Morgan fingerprint density at radius 3 is 2.22 bits per heavy atom. The van der Waals surface area contributed by atoms with Crippen LogP contribution in [0.25, 0.3) is 0 Å². The summed E-state index contributed by atoms with van der Waals surface area (Å²) in [6.07, 6.45) is -0.890. The highest BCUT2D eigenvalue weighted by atomic mass is 19.4. The fourth-order valence-corrected chi connectivity index (χ4v) is 5.87. The Labute approximate surface area is 239 Å². The largest absolute Gasteiger partial charge is 0.389 e. The summed E-state index contributed by atoms with van der Waals surface area (Å²) >= 11 is 0. The monoisotopic (exact) mass is 582 g/mol. The van der Waals surface area contributed by atoms with Crippen LogP contribution >= 0.6 is 0 Å². The zero-order valence-electron chi connectivity index (χ0n) is 24.3. The number of benzene rings is 1. The van der Waals surface area contributed by atoms with Crippen molar-refractivity contribution in [1.82, 2.24) is 15.1 Å². The van der Waals surface area contributed by atoms with Crippen molar-refractivity contribution in [3.05, 3.63) is 29.6 Å². The van der Waals surface area contributed by atoms with Crippen LogP contribution in [0.5, 0.6) is 0 Å². The average molecular weight is 583 g/mol. The van der Waals surface area contributed by atoms with Crippen molar-refractivity contribution < 1.29 is 31.9 Å². The van der Waals surface area contributed by atoms with Gasteiger partial charge in [0.2, 0.25) is 17.7 Å². The number of hydrogen-bond donors (Lipinski definition) is 2. The van der Waals surface area contributed by atoms with Crippen LogP contribution in [0.15, 0.2) is 18.2 Å². The SMILES string of the molecule is CC(CC(F)(F)F)C(=O)NC(C(=O)N1CCN(C)C(C)C1)C(C)c1ccc(NC(=O)CC(C2CC2)C2CC2)c(F)c1. The van der Waals surface area contributed by atoms with Crippen molar-refractivity contribution in [3.8, 4) is 0 Å². The summed E-state index contributed by atoms with van der Waals surface area (Å²) in [5, 5.41) is 5.23. The van der Waals surface area contributed by atoms with Crippen LogP contribution in [0.2, 0.25) is 0 Å². The number of halogens is 4. The number of piperazine rings is 1. The Balaban J connectivity index is 1.48. The van der Waals surface area contributed by atoms with E-state index in [1.807, 2.05) is 14.0 Å². The van der Waals surface area contributed by atoms with Crippen molar-refractivity contribution in [2.75, 3.05) is 32.0 Å².